The second kappa shape index (κ2) is 6.42. The summed E-state index contributed by atoms with van der Waals surface area (Å²) in [5.74, 6) is -0.998. The minimum atomic E-state index is -0.770. The van der Waals surface area contributed by atoms with Gasteiger partial charge in [-0.05, 0) is 30.7 Å². The minimum Gasteiger partial charge on any atom is -0.481 e. The molecule has 1 aromatic carbocycles. The Bertz CT molecular complexity index is 663. The minimum absolute atomic E-state index is 0.0204. The summed E-state index contributed by atoms with van der Waals surface area (Å²) in [6.45, 7) is 3.32. The lowest BCUT2D eigenvalue weighted by atomic mass is 10.0. The molecule has 134 valence electrons. The molecule has 2 heterocycles. The van der Waals surface area contributed by atoms with Crippen LogP contribution in [0.25, 0.3) is 0 Å². The molecule has 6 nitrogen and oxygen atoms in total. The van der Waals surface area contributed by atoms with Crippen LogP contribution in [-0.2, 0) is 19.1 Å². The third-order valence-electron chi connectivity index (χ3n) is 5.70. The molecule has 2 aliphatic heterocycles. The number of carbonyl (C=O) groups is 2. The van der Waals surface area contributed by atoms with Crippen molar-refractivity contribution in [2.45, 2.75) is 31.6 Å². The summed E-state index contributed by atoms with van der Waals surface area (Å²) in [6, 6.07) is 9.75. The van der Waals surface area contributed by atoms with E-state index in [4.69, 9.17) is 9.47 Å². The van der Waals surface area contributed by atoms with Crippen LogP contribution in [0.3, 0.4) is 0 Å². The molecule has 1 amide bonds. The Balaban J connectivity index is 1.50. The fraction of sp³-hybridized carbons (Fsp3) is 0.579. The number of carboxylic acid groups (broad SMARTS) is 1. The summed E-state index contributed by atoms with van der Waals surface area (Å²) in [4.78, 5) is 26.2. The zero-order valence-corrected chi connectivity index (χ0v) is 14.2. The van der Waals surface area contributed by atoms with Gasteiger partial charge in [-0.3, -0.25) is 9.59 Å². The number of benzene rings is 1. The number of ether oxygens (including phenoxy) is 2. The van der Waals surface area contributed by atoms with Crippen molar-refractivity contribution in [3.8, 4) is 0 Å². The molecule has 1 aromatic rings. The zero-order chi connectivity index (χ0) is 17.6. The van der Waals surface area contributed by atoms with E-state index < -0.39 is 12.1 Å². The lowest BCUT2D eigenvalue weighted by Gasteiger charge is -2.41. The Kier molecular flexibility index (Phi) is 4.25. The number of amides is 1. The lowest BCUT2D eigenvalue weighted by Crippen LogP contribution is -2.51. The van der Waals surface area contributed by atoms with Gasteiger partial charge >= 0.3 is 5.97 Å². The lowest BCUT2D eigenvalue weighted by molar-refractivity contribution is -0.159. The van der Waals surface area contributed by atoms with Gasteiger partial charge < -0.3 is 19.5 Å². The Hall–Kier alpha value is -1.92. The van der Waals surface area contributed by atoms with Gasteiger partial charge in [0.25, 0.3) is 5.91 Å². The molecule has 2 saturated heterocycles. The van der Waals surface area contributed by atoms with Crippen LogP contribution in [0.15, 0.2) is 30.3 Å². The van der Waals surface area contributed by atoms with Gasteiger partial charge in [-0.25, -0.2) is 0 Å². The van der Waals surface area contributed by atoms with Crippen molar-refractivity contribution in [3.05, 3.63) is 35.9 Å². The van der Waals surface area contributed by atoms with Crippen molar-refractivity contribution in [1.29, 1.82) is 0 Å². The van der Waals surface area contributed by atoms with E-state index in [2.05, 4.69) is 0 Å². The highest BCUT2D eigenvalue weighted by Gasteiger charge is 2.59. The van der Waals surface area contributed by atoms with E-state index in [1.54, 1.807) is 0 Å². The monoisotopic (exact) mass is 345 g/mol. The molecule has 0 unspecified atom stereocenters. The largest absolute Gasteiger partial charge is 0.481 e. The fourth-order valence-electron chi connectivity index (χ4n) is 4.26. The van der Waals surface area contributed by atoms with E-state index in [0.717, 1.165) is 5.56 Å². The fourth-order valence-corrected chi connectivity index (χ4v) is 4.26. The van der Waals surface area contributed by atoms with Gasteiger partial charge in [-0.1, -0.05) is 30.3 Å². The number of aliphatic carboxylic acids is 1. The summed E-state index contributed by atoms with van der Waals surface area (Å²) in [7, 11) is 0. The molecule has 25 heavy (non-hydrogen) atoms. The standard InChI is InChI=1S/C19H23NO5/c1-11-8-20(15(10-24-11)12-5-3-2-4-6-12)18(21)16-7-13-14(9-25-16)17(13)19(22)23/h2-6,11,13-17H,7-10H2,1H3,(H,22,23)/t11-,13+,14-,15+,16+,17+/m1/s1. The molecule has 3 aliphatic rings. The second-order valence-corrected chi connectivity index (χ2v) is 7.31. The van der Waals surface area contributed by atoms with Crippen molar-refractivity contribution < 1.29 is 24.2 Å². The normalized spacial score (nSPS) is 37.2. The Morgan fingerprint density at radius 3 is 2.60 bits per heavy atom. The maximum Gasteiger partial charge on any atom is 0.307 e. The number of nitrogens with zero attached hydrogens (tertiary/aromatic N) is 1. The topological polar surface area (TPSA) is 76.1 Å². The number of fused-ring (bicyclic) bond motifs is 1. The second-order valence-electron chi connectivity index (χ2n) is 7.31. The van der Waals surface area contributed by atoms with Crippen LogP contribution in [0.1, 0.15) is 24.9 Å². The van der Waals surface area contributed by atoms with Crippen LogP contribution in [-0.4, -0.2) is 53.8 Å². The van der Waals surface area contributed by atoms with E-state index in [9.17, 15) is 14.7 Å². The molecule has 1 aliphatic carbocycles. The Morgan fingerprint density at radius 2 is 1.88 bits per heavy atom. The molecule has 0 aromatic heterocycles. The average molecular weight is 345 g/mol. The summed E-state index contributed by atoms with van der Waals surface area (Å²) < 4.78 is 11.5. The van der Waals surface area contributed by atoms with Crippen molar-refractivity contribution >= 4 is 11.9 Å². The highest BCUT2D eigenvalue weighted by molar-refractivity contribution is 5.82. The highest BCUT2D eigenvalue weighted by atomic mass is 16.5. The number of morpholine rings is 1. The first-order valence-electron chi connectivity index (χ1n) is 8.87. The first-order valence-corrected chi connectivity index (χ1v) is 8.87. The third kappa shape index (κ3) is 3.04. The molecule has 4 rings (SSSR count). The third-order valence-corrected chi connectivity index (χ3v) is 5.70. The van der Waals surface area contributed by atoms with Crippen LogP contribution in [0, 0.1) is 17.8 Å². The Morgan fingerprint density at radius 1 is 1.12 bits per heavy atom. The maximum absolute atomic E-state index is 13.1. The zero-order valence-electron chi connectivity index (χ0n) is 14.2. The predicted octanol–water partition coefficient (Wildman–Crippen LogP) is 1.71. The number of hydrogen-bond donors (Lipinski definition) is 1. The molecule has 0 radical (unpaired) electrons. The number of hydrogen-bond acceptors (Lipinski definition) is 4. The van der Waals surface area contributed by atoms with E-state index in [1.165, 1.54) is 0 Å². The van der Waals surface area contributed by atoms with Crippen molar-refractivity contribution in [2.24, 2.45) is 17.8 Å². The molecule has 1 N–H and O–H groups in total. The van der Waals surface area contributed by atoms with Gasteiger partial charge in [0, 0.05) is 6.54 Å². The first-order chi connectivity index (χ1) is 12.1. The Labute approximate surface area is 146 Å². The van der Waals surface area contributed by atoms with Crippen LogP contribution in [0.2, 0.25) is 0 Å². The van der Waals surface area contributed by atoms with Crippen LogP contribution in [0.4, 0.5) is 0 Å². The molecule has 6 atom stereocenters. The van der Waals surface area contributed by atoms with E-state index in [1.807, 2.05) is 42.2 Å². The van der Waals surface area contributed by atoms with Crippen LogP contribution in [0.5, 0.6) is 0 Å². The number of rotatable bonds is 3. The molecular weight excluding hydrogens is 322 g/mol. The molecule has 3 fully saturated rings. The SMILES string of the molecule is C[C@@H]1CN(C(=O)[C@@H]2C[C@H]3[C@@H](CO2)[C@H]3C(=O)O)[C@H](c2ccccc2)CO1. The molecule has 1 saturated carbocycles. The van der Waals surface area contributed by atoms with E-state index in [0.29, 0.717) is 26.2 Å². The van der Waals surface area contributed by atoms with E-state index in [-0.39, 0.29) is 35.8 Å². The number of carbonyl (C=O) groups excluding carboxylic acids is 1. The van der Waals surface area contributed by atoms with Crippen molar-refractivity contribution in [1.82, 2.24) is 4.90 Å². The summed E-state index contributed by atoms with van der Waals surface area (Å²) in [5, 5.41) is 9.22. The summed E-state index contributed by atoms with van der Waals surface area (Å²) >= 11 is 0. The van der Waals surface area contributed by atoms with Crippen LogP contribution < -0.4 is 0 Å². The highest BCUT2D eigenvalue weighted by Crippen LogP contribution is 2.52. The quantitative estimate of drug-likeness (QED) is 0.903. The molecule has 0 bridgehead atoms. The molecular formula is C19H23NO5. The summed E-state index contributed by atoms with van der Waals surface area (Å²) in [5.41, 5.74) is 1.05. The van der Waals surface area contributed by atoms with Gasteiger partial charge in [0.1, 0.15) is 6.10 Å². The molecule has 6 heteroatoms. The summed E-state index contributed by atoms with van der Waals surface area (Å²) in [6.07, 6.45) is -0.0525. The van der Waals surface area contributed by atoms with Crippen LogP contribution >= 0.6 is 0 Å². The average Bonchev–Trinajstić information content (AvgIpc) is 3.35. The van der Waals surface area contributed by atoms with Crippen molar-refractivity contribution in [2.75, 3.05) is 19.8 Å². The number of carboxylic acids is 1. The van der Waals surface area contributed by atoms with Gasteiger partial charge in [-0.2, -0.15) is 0 Å². The molecule has 0 spiro atoms. The van der Waals surface area contributed by atoms with Gasteiger partial charge in [0.05, 0.1) is 31.3 Å². The van der Waals surface area contributed by atoms with Gasteiger partial charge in [-0.15, -0.1) is 0 Å². The first kappa shape index (κ1) is 16.5. The van der Waals surface area contributed by atoms with Gasteiger partial charge in [0.2, 0.25) is 0 Å². The van der Waals surface area contributed by atoms with Crippen molar-refractivity contribution in [3.63, 3.8) is 0 Å². The maximum atomic E-state index is 13.1. The smallest absolute Gasteiger partial charge is 0.307 e. The van der Waals surface area contributed by atoms with E-state index >= 15 is 0 Å². The van der Waals surface area contributed by atoms with Gasteiger partial charge in [0.15, 0.2) is 0 Å². The predicted molar refractivity (Wildman–Crippen MR) is 88.8 cm³/mol.